The predicted octanol–water partition coefficient (Wildman–Crippen LogP) is -0.458. The van der Waals surface area contributed by atoms with Crippen molar-refractivity contribution in [3.63, 3.8) is 0 Å². The largest absolute Gasteiger partial charge is 0.397 e. The second kappa shape index (κ2) is 16.8. The molecule has 1 unspecified atom stereocenters. The highest BCUT2D eigenvalue weighted by atomic mass is 32.3. The van der Waals surface area contributed by atoms with Crippen molar-refractivity contribution in [2.75, 3.05) is 47.0 Å². The maximum absolute atomic E-state index is 10.2. The summed E-state index contributed by atoms with van der Waals surface area (Å²) in [6.45, 7) is 2.72. The molecule has 1 atom stereocenters. The van der Waals surface area contributed by atoms with Crippen LogP contribution >= 0.6 is 12.3 Å². The minimum Gasteiger partial charge on any atom is -0.315 e. The third-order valence-electron chi connectivity index (χ3n) is 2.69. The molecule has 0 aliphatic heterocycles. The molecule has 0 aromatic rings. The van der Waals surface area contributed by atoms with E-state index in [1.807, 2.05) is 6.92 Å². The normalized spacial score (nSPS) is 13.3. The molecular formula is C10H26N2O12S3. The van der Waals surface area contributed by atoms with Gasteiger partial charge in [0.25, 0.3) is 0 Å². The molecule has 0 spiro atoms. The van der Waals surface area contributed by atoms with Crippen molar-refractivity contribution in [3.8, 4) is 0 Å². The lowest BCUT2D eigenvalue weighted by atomic mass is 10.2. The van der Waals surface area contributed by atoms with Crippen LogP contribution in [-0.2, 0) is 42.7 Å². The molecule has 0 radical (unpaired) electrons. The smallest absolute Gasteiger partial charge is 0.315 e. The molecule has 0 fully saturated rings. The first kappa shape index (κ1) is 29.1. The topological polar surface area (TPSA) is 190 Å². The standard InChI is InChI=1S/C5H13NO8S2.C5H13NO4S/c1-6(2-4-11-15-14-13-7)3-5-12-16(8,9)10;1-3-5(6-2)4-10-11(7,8)9/h7H,2-5H2,1H3,(H,8,9,10);5-6H,3-4H2,1-2H3,(H,7,8,9). The lowest BCUT2D eigenvalue weighted by Crippen LogP contribution is -2.30. The van der Waals surface area contributed by atoms with Crippen molar-refractivity contribution in [1.29, 1.82) is 0 Å². The summed E-state index contributed by atoms with van der Waals surface area (Å²) >= 11 is 0.457. The minimum absolute atomic E-state index is 0.0359. The average Bonchev–Trinajstić information content (AvgIpc) is 2.54. The van der Waals surface area contributed by atoms with E-state index >= 15 is 0 Å². The Hall–Kier alpha value is -0.150. The van der Waals surface area contributed by atoms with Crippen LogP contribution in [0.1, 0.15) is 13.3 Å². The highest BCUT2D eigenvalue weighted by molar-refractivity contribution is 7.89. The van der Waals surface area contributed by atoms with Gasteiger partial charge in [-0.05, 0) is 20.5 Å². The highest BCUT2D eigenvalue weighted by Crippen LogP contribution is 2.03. The van der Waals surface area contributed by atoms with Crippen molar-refractivity contribution in [1.82, 2.24) is 10.2 Å². The van der Waals surface area contributed by atoms with Gasteiger partial charge in [0, 0.05) is 19.1 Å². The Morgan fingerprint density at radius 3 is 2.07 bits per heavy atom. The van der Waals surface area contributed by atoms with Crippen molar-refractivity contribution in [3.05, 3.63) is 0 Å². The van der Waals surface area contributed by atoms with Crippen LogP contribution in [0.5, 0.6) is 0 Å². The zero-order valence-corrected chi connectivity index (χ0v) is 17.5. The molecule has 27 heavy (non-hydrogen) atoms. The summed E-state index contributed by atoms with van der Waals surface area (Å²) in [7, 11) is -5.26. The van der Waals surface area contributed by atoms with Gasteiger partial charge in [0.05, 0.1) is 19.8 Å². The van der Waals surface area contributed by atoms with Gasteiger partial charge in [-0.25, -0.2) is 13.6 Å². The maximum Gasteiger partial charge on any atom is 0.397 e. The first-order chi connectivity index (χ1) is 12.4. The van der Waals surface area contributed by atoms with Gasteiger partial charge < -0.3 is 10.2 Å². The second-order valence-electron chi connectivity index (χ2n) is 4.69. The molecule has 0 heterocycles. The zero-order valence-electron chi connectivity index (χ0n) is 15.0. The molecule has 0 saturated heterocycles. The Kier molecular flexibility index (Phi) is 18.0. The van der Waals surface area contributed by atoms with Gasteiger partial charge >= 0.3 is 20.8 Å². The number of nitrogens with one attached hydrogen (secondary N) is 1. The molecule has 4 N–H and O–H groups in total. The van der Waals surface area contributed by atoms with Crippen LogP contribution in [0.2, 0.25) is 0 Å². The Morgan fingerprint density at radius 2 is 1.63 bits per heavy atom. The summed E-state index contributed by atoms with van der Waals surface area (Å²) in [5.41, 5.74) is 0. The second-order valence-corrected chi connectivity index (χ2v) is 7.38. The number of hydrogen-bond donors (Lipinski definition) is 4. The molecular weight excluding hydrogens is 436 g/mol. The monoisotopic (exact) mass is 462 g/mol. The fraction of sp³-hybridized carbons (Fsp3) is 1.00. The Bertz CT molecular complexity index is 540. The highest BCUT2D eigenvalue weighted by Gasteiger charge is 2.09. The Balaban J connectivity index is 0. The van der Waals surface area contributed by atoms with Crippen molar-refractivity contribution < 1.29 is 53.1 Å². The molecule has 0 rings (SSSR count). The SMILES string of the molecule is CCC(COS(=O)(=O)O)NC.CN(CCOSOOO)CCOS(=O)(=O)O. The molecule has 166 valence electrons. The van der Waals surface area contributed by atoms with E-state index in [0.29, 0.717) is 25.4 Å². The van der Waals surface area contributed by atoms with E-state index in [0.717, 1.165) is 6.42 Å². The fourth-order valence-corrected chi connectivity index (χ4v) is 2.07. The van der Waals surface area contributed by atoms with E-state index in [4.69, 9.17) is 18.5 Å². The van der Waals surface area contributed by atoms with Crippen LogP contribution in [0.4, 0.5) is 0 Å². The van der Waals surface area contributed by atoms with Gasteiger partial charge in [0.15, 0.2) is 12.3 Å². The summed E-state index contributed by atoms with van der Waals surface area (Å²) in [5, 5.41) is 13.8. The number of likely N-dealkylation sites (N-methyl/N-ethyl adjacent to an activating group) is 2. The molecule has 0 aliphatic carbocycles. The predicted molar refractivity (Wildman–Crippen MR) is 94.0 cm³/mol. The maximum atomic E-state index is 10.2. The summed E-state index contributed by atoms with van der Waals surface area (Å²) < 4.78 is 73.9. The van der Waals surface area contributed by atoms with E-state index in [-0.39, 0.29) is 25.9 Å². The van der Waals surface area contributed by atoms with Gasteiger partial charge in [-0.1, -0.05) is 12.0 Å². The molecule has 0 bridgehead atoms. The van der Waals surface area contributed by atoms with Crippen molar-refractivity contribution in [2.45, 2.75) is 19.4 Å². The van der Waals surface area contributed by atoms with Crippen molar-refractivity contribution in [2.24, 2.45) is 0 Å². The van der Waals surface area contributed by atoms with Gasteiger partial charge in [-0.15, -0.1) is 4.33 Å². The third kappa shape index (κ3) is 25.8. The van der Waals surface area contributed by atoms with Gasteiger partial charge in [0.2, 0.25) is 0 Å². The van der Waals surface area contributed by atoms with E-state index < -0.39 is 20.8 Å². The first-order valence-electron chi connectivity index (χ1n) is 7.31. The number of hydrogen-bond acceptors (Lipinski definition) is 13. The quantitative estimate of drug-likeness (QED) is 0.0803. The van der Waals surface area contributed by atoms with Crippen LogP contribution in [0, 0.1) is 0 Å². The average molecular weight is 463 g/mol. The van der Waals surface area contributed by atoms with Crippen molar-refractivity contribution >= 4 is 33.1 Å². The third-order valence-corrected chi connectivity index (χ3v) is 3.96. The van der Waals surface area contributed by atoms with Gasteiger partial charge in [-0.3, -0.25) is 13.3 Å². The molecule has 0 amide bonds. The summed E-state index contributed by atoms with van der Waals surface area (Å²) in [6, 6.07) is -0.0445. The number of rotatable bonds is 15. The molecule has 0 aliphatic rings. The fourth-order valence-electron chi connectivity index (χ4n) is 1.24. The zero-order chi connectivity index (χ0) is 21.3. The van der Waals surface area contributed by atoms with Crippen LogP contribution in [0.15, 0.2) is 0 Å². The van der Waals surface area contributed by atoms with E-state index in [9.17, 15) is 16.8 Å². The van der Waals surface area contributed by atoms with E-state index in [2.05, 4.69) is 23.1 Å². The summed E-state index contributed by atoms with van der Waals surface area (Å²) in [4.78, 5) is 1.70. The number of nitrogens with zero attached hydrogens (tertiary/aromatic N) is 1. The van der Waals surface area contributed by atoms with Crippen LogP contribution in [-0.4, -0.2) is 89.1 Å². The van der Waals surface area contributed by atoms with Gasteiger partial charge in [0.1, 0.15) is 0 Å². The van der Waals surface area contributed by atoms with Crippen LogP contribution in [0.3, 0.4) is 0 Å². The minimum atomic E-state index is -4.38. The van der Waals surface area contributed by atoms with E-state index in [1.54, 1.807) is 19.0 Å². The lowest BCUT2D eigenvalue weighted by Gasteiger charge is -2.14. The Morgan fingerprint density at radius 1 is 1.07 bits per heavy atom. The molecule has 14 nitrogen and oxygen atoms in total. The molecule has 0 aromatic heterocycles. The summed E-state index contributed by atoms with van der Waals surface area (Å²) in [5.74, 6) is 0. The lowest BCUT2D eigenvalue weighted by molar-refractivity contribution is -0.434. The van der Waals surface area contributed by atoms with Gasteiger partial charge in [-0.2, -0.15) is 16.8 Å². The first-order valence-corrected chi connectivity index (χ1v) is 10.7. The Labute approximate surface area is 163 Å². The molecule has 0 aromatic carbocycles. The molecule has 17 heteroatoms. The van der Waals surface area contributed by atoms with Crippen LogP contribution in [0.25, 0.3) is 0 Å². The molecule has 0 saturated carbocycles. The van der Waals surface area contributed by atoms with E-state index in [1.165, 1.54) is 0 Å². The van der Waals surface area contributed by atoms with Crippen LogP contribution < -0.4 is 5.32 Å². The summed E-state index contributed by atoms with van der Waals surface area (Å²) in [6.07, 6.45) is 0.742.